The highest BCUT2D eigenvalue weighted by Gasteiger charge is 2.26. The van der Waals surface area contributed by atoms with Crippen LogP contribution in [0.25, 0.3) is 0 Å². The Bertz CT molecular complexity index is 975. The molecule has 4 rings (SSSR count). The molecule has 0 radical (unpaired) electrons. The molecule has 0 aromatic heterocycles. The number of amides is 1. The van der Waals surface area contributed by atoms with E-state index in [9.17, 15) is 14.4 Å². The number of aryl methyl sites for hydroxylation is 1. The molecule has 6 nitrogen and oxygen atoms in total. The van der Waals surface area contributed by atoms with E-state index < -0.39 is 0 Å². The van der Waals surface area contributed by atoms with Crippen molar-refractivity contribution in [2.24, 2.45) is 10.3 Å². The van der Waals surface area contributed by atoms with Gasteiger partial charge in [-0.1, -0.05) is 23.0 Å². The Balaban J connectivity index is 1.68. The van der Waals surface area contributed by atoms with E-state index in [2.05, 4.69) is 21.7 Å². The molecule has 2 aromatic rings. The van der Waals surface area contributed by atoms with E-state index in [4.69, 9.17) is 0 Å². The van der Waals surface area contributed by atoms with Crippen molar-refractivity contribution in [2.45, 2.75) is 25.0 Å². The van der Waals surface area contributed by atoms with Crippen LogP contribution >= 0.6 is 11.8 Å². The molecular weight excluding hydrogens is 379 g/mol. The molecule has 8 heteroatoms. The number of anilines is 1. The first-order valence-corrected chi connectivity index (χ1v) is 9.88. The lowest BCUT2D eigenvalue weighted by atomic mass is 9.96. The number of hydrogen-bond acceptors (Lipinski definition) is 5. The van der Waals surface area contributed by atoms with Crippen LogP contribution in [0.4, 0.5) is 14.9 Å². The number of hydrazone groups is 1. The third-order valence-corrected chi connectivity index (χ3v) is 5.77. The summed E-state index contributed by atoms with van der Waals surface area (Å²) in [6, 6.07) is 11.9. The first-order valence-electron chi connectivity index (χ1n) is 9.00. The van der Waals surface area contributed by atoms with Crippen LogP contribution in [-0.2, 0) is 6.42 Å². The van der Waals surface area contributed by atoms with E-state index in [0.29, 0.717) is 17.9 Å². The molecule has 0 fully saturated rings. The van der Waals surface area contributed by atoms with Crippen molar-refractivity contribution in [1.29, 1.82) is 0 Å². The summed E-state index contributed by atoms with van der Waals surface area (Å²) in [4.78, 5) is 13.4. The first-order chi connectivity index (χ1) is 13.6. The van der Waals surface area contributed by atoms with E-state index in [0.717, 1.165) is 35.4 Å². The highest BCUT2D eigenvalue weighted by molar-refractivity contribution is 8.14. The van der Waals surface area contributed by atoms with Crippen LogP contribution in [0.1, 0.15) is 30.0 Å². The Morgan fingerprint density at radius 3 is 2.82 bits per heavy atom. The van der Waals surface area contributed by atoms with Crippen LogP contribution in [-0.4, -0.2) is 33.8 Å². The van der Waals surface area contributed by atoms with Gasteiger partial charge in [0.25, 0.3) is 5.24 Å². The molecule has 2 heterocycles. The molecule has 2 aliphatic rings. The predicted octanol–water partition coefficient (Wildman–Crippen LogP) is 3.96. The highest BCUT2D eigenvalue weighted by atomic mass is 32.2. The smallest absolute Gasteiger partial charge is 0.299 e. The average Bonchev–Trinajstić information content (AvgIpc) is 2.70. The fourth-order valence-corrected chi connectivity index (χ4v) is 4.30. The molecule has 0 saturated heterocycles. The monoisotopic (exact) mass is 398 g/mol. The van der Waals surface area contributed by atoms with Crippen molar-refractivity contribution in [2.75, 3.05) is 11.4 Å². The van der Waals surface area contributed by atoms with Gasteiger partial charge in [0.1, 0.15) is 5.82 Å². The summed E-state index contributed by atoms with van der Waals surface area (Å²) in [5, 5.41) is 17.2. The van der Waals surface area contributed by atoms with Gasteiger partial charge in [-0.15, -0.1) is 0 Å². The molecule has 1 unspecified atom stereocenters. The maximum Gasteiger partial charge on any atom is 0.299 e. The molecule has 0 spiro atoms. The van der Waals surface area contributed by atoms with Crippen molar-refractivity contribution in [3.05, 3.63) is 65.0 Å². The Hall–Kier alpha value is -2.87. The molecule has 0 saturated carbocycles. The first kappa shape index (κ1) is 18.5. The standard InChI is InChI=1S/C20H19FN4O2S/c1-12-18(22-23-20(26)28-12)15-6-9-17-14(11-15)3-2-10-25(17)19(24-27)13-4-7-16(21)8-5-13/h4-9,11-12,27H,2-3,10H2,1H3,(H,23,26). The molecule has 28 heavy (non-hydrogen) atoms. The zero-order valence-electron chi connectivity index (χ0n) is 15.2. The number of benzene rings is 2. The SMILES string of the molecule is CC1SC(=O)NN=C1c1ccc2c(c1)CCCN2C(=NO)c1ccc(F)cc1. The molecule has 2 aliphatic heterocycles. The average molecular weight is 398 g/mol. The number of oxime groups is 1. The molecule has 144 valence electrons. The maximum absolute atomic E-state index is 13.3. The van der Waals surface area contributed by atoms with Gasteiger partial charge in [0.15, 0.2) is 5.84 Å². The van der Waals surface area contributed by atoms with Crippen LogP contribution in [0.3, 0.4) is 0 Å². The zero-order valence-corrected chi connectivity index (χ0v) is 16.0. The fraction of sp³-hybridized carbons (Fsp3) is 0.250. The van der Waals surface area contributed by atoms with Crippen molar-refractivity contribution >= 4 is 34.2 Å². The van der Waals surface area contributed by atoms with Crippen LogP contribution in [0.5, 0.6) is 0 Å². The number of carbonyl (C=O) groups excluding carboxylic acids is 1. The van der Waals surface area contributed by atoms with E-state index >= 15 is 0 Å². The lowest BCUT2D eigenvalue weighted by Crippen LogP contribution is -2.36. The van der Waals surface area contributed by atoms with E-state index in [1.54, 1.807) is 12.1 Å². The second-order valence-corrected chi connectivity index (χ2v) is 8.00. The summed E-state index contributed by atoms with van der Waals surface area (Å²) in [5.41, 5.74) is 7.03. The van der Waals surface area contributed by atoms with Gasteiger partial charge in [0, 0.05) is 17.8 Å². The van der Waals surface area contributed by atoms with E-state index in [-0.39, 0.29) is 16.3 Å². The predicted molar refractivity (Wildman–Crippen MR) is 109 cm³/mol. The van der Waals surface area contributed by atoms with Gasteiger partial charge >= 0.3 is 0 Å². The lowest BCUT2D eigenvalue weighted by molar-refractivity contribution is 0.261. The Morgan fingerprint density at radius 2 is 2.11 bits per heavy atom. The van der Waals surface area contributed by atoms with Crippen molar-refractivity contribution < 1.29 is 14.4 Å². The summed E-state index contributed by atoms with van der Waals surface area (Å²) >= 11 is 1.22. The highest BCUT2D eigenvalue weighted by Crippen LogP contribution is 2.31. The van der Waals surface area contributed by atoms with Gasteiger partial charge in [-0.05, 0) is 67.3 Å². The Kier molecular flexibility index (Phi) is 5.04. The number of rotatable bonds is 2. The lowest BCUT2D eigenvalue weighted by Gasteiger charge is -2.32. The summed E-state index contributed by atoms with van der Waals surface area (Å²) in [6.07, 6.45) is 1.78. The second-order valence-electron chi connectivity index (χ2n) is 6.69. The maximum atomic E-state index is 13.3. The van der Waals surface area contributed by atoms with Gasteiger partial charge in [0.05, 0.1) is 11.0 Å². The second kappa shape index (κ2) is 7.63. The zero-order chi connectivity index (χ0) is 19.7. The number of thioether (sulfide) groups is 1. The van der Waals surface area contributed by atoms with E-state index in [1.807, 2.05) is 24.0 Å². The minimum Gasteiger partial charge on any atom is -0.409 e. The van der Waals surface area contributed by atoms with Crippen LogP contribution in [0.15, 0.2) is 52.7 Å². The Labute approximate surface area is 166 Å². The van der Waals surface area contributed by atoms with Crippen LogP contribution in [0.2, 0.25) is 0 Å². The van der Waals surface area contributed by atoms with Gasteiger partial charge in [0.2, 0.25) is 0 Å². The molecule has 0 aliphatic carbocycles. The summed E-state index contributed by atoms with van der Waals surface area (Å²) in [7, 11) is 0. The number of carbonyl (C=O) groups is 1. The third-order valence-electron chi connectivity index (χ3n) is 4.88. The minimum absolute atomic E-state index is 0.0275. The number of hydrogen-bond donors (Lipinski definition) is 2. The fourth-order valence-electron chi connectivity index (χ4n) is 3.58. The number of nitrogens with zero attached hydrogens (tertiary/aromatic N) is 3. The largest absolute Gasteiger partial charge is 0.409 e. The quantitative estimate of drug-likeness (QED) is 0.347. The van der Waals surface area contributed by atoms with E-state index in [1.165, 1.54) is 23.9 Å². The number of nitrogens with one attached hydrogen (secondary N) is 1. The summed E-state index contributed by atoms with van der Waals surface area (Å²) in [5.74, 6) is 0.0527. The Morgan fingerprint density at radius 1 is 1.32 bits per heavy atom. The molecule has 1 atom stereocenters. The third kappa shape index (κ3) is 3.47. The summed E-state index contributed by atoms with van der Waals surface area (Å²) in [6.45, 7) is 2.66. The molecule has 2 aromatic carbocycles. The van der Waals surface area contributed by atoms with Crippen molar-refractivity contribution in [3.8, 4) is 0 Å². The number of amidine groups is 1. The van der Waals surface area contributed by atoms with Crippen molar-refractivity contribution in [1.82, 2.24) is 5.43 Å². The normalized spacial score (nSPS) is 19.7. The van der Waals surface area contributed by atoms with Gasteiger partial charge in [-0.2, -0.15) is 5.10 Å². The van der Waals surface area contributed by atoms with Crippen LogP contribution < -0.4 is 10.3 Å². The molecule has 1 amide bonds. The van der Waals surface area contributed by atoms with Crippen LogP contribution in [0, 0.1) is 5.82 Å². The molecule has 0 bridgehead atoms. The minimum atomic E-state index is -0.336. The number of fused-ring (bicyclic) bond motifs is 1. The van der Waals surface area contributed by atoms with Gasteiger partial charge < -0.3 is 10.1 Å². The summed E-state index contributed by atoms with van der Waals surface area (Å²) < 4.78 is 13.3. The van der Waals surface area contributed by atoms with Gasteiger partial charge in [-0.25, -0.2) is 9.82 Å². The number of halogens is 1. The topological polar surface area (TPSA) is 77.3 Å². The molecule has 2 N–H and O–H groups in total. The molecular formula is C20H19FN4O2S. The van der Waals surface area contributed by atoms with Crippen molar-refractivity contribution in [3.63, 3.8) is 0 Å². The van der Waals surface area contributed by atoms with Gasteiger partial charge in [-0.3, -0.25) is 4.79 Å².